The predicted molar refractivity (Wildman–Crippen MR) is 107 cm³/mol. The molecule has 2 atom stereocenters. The quantitative estimate of drug-likeness (QED) is 0.478. The number of hydrogen-bond acceptors (Lipinski definition) is 6. The number of pyridine rings is 1. The molecule has 7 heteroatoms. The van der Waals surface area contributed by atoms with E-state index in [0.717, 1.165) is 56.8 Å². The van der Waals surface area contributed by atoms with Crippen molar-refractivity contribution < 1.29 is 14.6 Å². The third-order valence-electron chi connectivity index (χ3n) is 5.10. The number of carboxylic acids is 1. The molecule has 0 amide bonds. The number of nitrogens with zero attached hydrogens (tertiary/aromatic N) is 2. The first-order valence-electron chi connectivity index (χ1n) is 9.95. The van der Waals surface area contributed by atoms with Gasteiger partial charge in [0.05, 0.1) is 6.10 Å². The second kappa shape index (κ2) is 11.2. The summed E-state index contributed by atoms with van der Waals surface area (Å²) in [7, 11) is 1.70. The van der Waals surface area contributed by atoms with Gasteiger partial charge in [-0.1, -0.05) is 6.07 Å². The molecule has 1 aromatic heterocycles. The molecule has 0 aliphatic carbocycles. The first-order valence-corrected chi connectivity index (χ1v) is 9.95. The van der Waals surface area contributed by atoms with Crippen LogP contribution in [0.2, 0.25) is 0 Å². The first-order chi connectivity index (χ1) is 13.0. The van der Waals surface area contributed by atoms with Crippen LogP contribution in [0.15, 0.2) is 12.1 Å². The van der Waals surface area contributed by atoms with E-state index in [1.165, 1.54) is 12.0 Å². The molecular formula is C20H34N4O3. The summed E-state index contributed by atoms with van der Waals surface area (Å²) in [6, 6.07) is 3.53. The Morgan fingerprint density at radius 3 is 2.96 bits per heavy atom. The normalized spacial score (nSPS) is 15.9. The number of hydrogen-bond donors (Lipinski definition) is 3. The Balaban J connectivity index is 1.77. The molecule has 1 aliphatic rings. The number of rotatable bonds is 12. The maximum absolute atomic E-state index is 10.9. The fourth-order valence-corrected chi connectivity index (χ4v) is 3.33. The minimum absolute atomic E-state index is 0.111. The number of methoxy groups -OCH3 is 1. The maximum Gasteiger partial charge on any atom is 0.320 e. The topological polar surface area (TPSA) is 101 Å². The van der Waals surface area contributed by atoms with Gasteiger partial charge in [0, 0.05) is 32.4 Å². The van der Waals surface area contributed by atoms with Gasteiger partial charge in [-0.05, 0) is 63.6 Å². The molecule has 0 aromatic carbocycles. The number of carbonyl (C=O) groups is 1. The van der Waals surface area contributed by atoms with E-state index in [4.69, 9.17) is 20.6 Å². The van der Waals surface area contributed by atoms with Gasteiger partial charge >= 0.3 is 5.97 Å². The fourth-order valence-electron chi connectivity index (χ4n) is 3.33. The van der Waals surface area contributed by atoms with Crippen LogP contribution in [0.3, 0.4) is 0 Å². The Hall–Kier alpha value is -1.70. The first kappa shape index (κ1) is 21.6. The van der Waals surface area contributed by atoms with Crippen molar-refractivity contribution in [2.45, 2.75) is 57.6 Å². The third kappa shape index (κ3) is 7.44. The summed E-state index contributed by atoms with van der Waals surface area (Å²) in [6.07, 6.45) is 5.89. The summed E-state index contributed by atoms with van der Waals surface area (Å²) >= 11 is 0. The van der Waals surface area contributed by atoms with Crippen molar-refractivity contribution in [1.82, 2.24) is 9.88 Å². The van der Waals surface area contributed by atoms with Crippen molar-refractivity contribution in [1.29, 1.82) is 0 Å². The van der Waals surface area contributed by atoms with Gasteiger partial charge < -0.3 is 25.8 Å². The second-order valence-electron chi connectivity index (χ2n) is 7.38. The summed E-state index contributed by atoms with van der Waals surface area (Å²) in [5.74, 6) is 0.110. The van der Waals surface area contributed by atoms with Crippen molar-refractivity contribution in [2.24, 2.45) is 5.73 Å². The molecule has 1 unspecified atom stereocenters. The SMILES string of the molecule is CO[C@H](C)CN(CCCCc1ccc2c(n1)NCCC2)CCC(N)C(=O)O. The molecule has 0 fully saturated rings. The van der Waals surface area contributed by atoms with Crippen molar-refractivity contribution in [3.63, 3.8) is 0 Å². The Morgan fingerprint density at radius 1 is 1.41 bits per heavy atom. The highest BCUT2D eigenvalue weighted by atomic mass is 16.5. The van der Waals surface area contributed by atoms with Gasteiger partial charge in [0.1, 0.15) is 11.9 Å². The third-order valence-corrected chi connectivity index (χ3v) is 5.10. The molecule has 0 radical (unpaired) electrons. The van der Waals surface area contributed by atoms with Crippen LogP contribution in [0.4, 0.5) is 5.82 Å². The van der Waals surface area contributed by atoms with Gasteiger partial charge in [0.25, 0.3) is 0 Å². The van der Waals surface area contributed by atoms with Crippen molar-refractivity contribution in [3.05, 3.63) is 23.4 Å². The lowest BCUT2D eigenvalue weighted by atomic mass is 10.1. The maximum atomic E-state index is 10.9. The molecule has 0 saturated heterocycles. The average Bonchev–Trinajstić information content (AvgIpc) is 2.68. The summed E-state index contributed by atoms with van der Waals surface area (Å²) in [6.45, 7) is 5.39. The summed E-state index contributed by atoms with van der Waals surface area (Å²) in [4.78, 5) is 17.9. The highest BCUT2D eigenvalue weighted by Crippen LogP contribution is 2.20. The molecule has 2 rings (SSSR count). The number of aryl methyl sites for hydroxylation is 2. The molecule has 4 N–H and O–H groups in total. The lowest BCUT2D eigenvalue weighted by Crippen LogP contribution is -2.38. The van der Waals surface area contributed by atoms with Crippen LogP contribution < -0.4 is 11.1 Å². The van der Waals surface area contributed by atoms with Crippen LogP contribution in [-0.4, -0.2) is 66.4 Å². The van der Waals surface area contributed by atoms with Gasteiger partial charge in [-0.2, -0.15) is 0 Å². The molecule has 0 saturated carbocycles. The van der Waals surface area contributed by atoms with E-state index in [1.807, 2.05) is 6.92 Å². The molecule has 1 aromatic rings. The van der Waals surface area contributed by atoms with Crippen LogP contribution >= 0.6 is 0 Å². The molecule has 27 heavy (non-hydrogen) atoms. The van der Waals surface area contributed by atoms with E-state index >= 15 is 0 Å². The van der Waals surface area contributed by atoms with Crippen molar-refractivity contribution in [2.75, 3.05) is 38.6 Å². The van der Waals surface area contributed by atoms with E-state index in [2.05, 4.69) is 22.3 Å². The number of fused-ring (bicyclic) bond motifs is 1. The van der Waals surface area contributed by atoms with Crippen LogP contribution in [0, 0.1) is 0 Å². The number of nitrogens with one attached hydrogen (secondary N) is 1. The number of carboxylic acid groups (broad SMARTS) is 1. The van der Waals surface area contributed by atoms with Gasteiger partial charge in [0.15, 0.2) is 0 Å². The smallest absolute Gasteiger partial charge is 0.320 e. The molecule has 2 heterocycles. The van der Waals surface area contributed by atoms with Crippen LogP contribution in [0.5, 0.6) is 0 Å². The van der Waals surface area contributed by atoms with E-state index < -0.39 is 12.0 Å². The highest BCUT2D eigenvalue weighted by molar-refractivity contribution is 5.72. The number of nitrogens with two attached hydrogens (primary N) is 1. The Bertz CT molecular complexity index is 597. The minimum atomic E-state index is -0.943. The Labute approximate surface area is 162 Å². The van der Waals surface area contributed by atoms with Crippen LogP contribution in [0.1, 0.15) is 43.9 Å². The zero-order valence-corrected chi connectivity index (χ0v) is 16.6. The molecule has 1 aliphatic heterocycles. The lowest BCUT2D eigenvalue weighted by Gasteiger charge is -2.25. The van der Waals surface area contributed by atoms with E-state index in [0.29, 0.717) is 13.0 Å². The van der Waals surface area contributed by atoms with Gasteiger partial charge in [-0.15, -0.1) is 0 Å². The average molecular weight is 379 g/mol. The van der Waals surface area contributed by atoms with Gasteiger partial charge in [-0.3, -0.25) is 4.79 Å². The summed E-state index contributed by atoms with van der Waals surface area (Å²) in [5.41, 5.74) is 8.09. The molecule has 0 bridgehead atoms. The van der Waals surface area contributed by atoms with Crippen LogP contribution in [-0.2, 0) is 22.4 Å². The minimum Gasteiger partial charge on any atom is -0.480 e. The molecular weight excluding hydrogens is 344 g/mol. The Morgan fingerprint density at radius 2 is 2.22 bits per heavy atom. The van der Waals surface area contributed by atoms with E-state index in [9.17, 15) is 4.79 Å². The van der Waals surface area contributed by atoms with Gasteiger partial charge in [-0.25, -0.2) is 4.98 Å². The highest BCUT2D eigenvalue weighted by Gasteiger charge is 2.16. The predicted octanol–water partition coefficient (Wildman–Crippen LogP) is 1.90. The molecule has 7 nitrogen and oxygen atoms in total. The number of anilines is 1. The monoisotopic (exact) mass is 378 g/mol. The second-order valence-corrected chi connectivity index (χ2v) is 7.38. The zero-order chi connectivity index (χ0) is 19.6. The number of unbranched alkanes of at least 4 members (excludes halogenated alkanes) is 1. The van der Waals surface area contributed by atoms with Crippen LogP contribution in [0.25, 0.3) is 0 Å². The summed E-state index contributed by atoms with van der Waals surface area (Å²) < 4.78 is 5.36. The van der Waals surface area contributed by atoms with E-state index in [1.54, 1.807) is 7.11 Å². The Kier molecular flexibility index (Phi) is 8.97. The van der Waals surface area contributed by atoms with E-state index in [-0.39, 0.29) is 6.10 Å². The number of ether oxygens (including phenoxy) is 1. The largest absolute Gasteiger partial charge is 0.480 e. The van der Waals surface area contributed by atoms with Crippen molar-refractivity contribution >= 4 is 11.8 Å². The lowest BCUT2D eigenvalue weighted by molar-refractivity contribution is -0.138. The number of aromatic nitrogens is 1. The number of aliphatic carboxylic acids is 1. The van der Waals surface area contributed by atoms with Crippen molar-refractivity contribution in [3.8, 4) is 0 Å². The zero-order valence-electron chi connectivity index (χ0n) is 16.6. The molecule has 0 spiro atoms. The fraction of sp³-hybridized carbons (Fsp3) is 0.700. The standard InChI is InChI=1S/C20H34N4O3/c1-15(27-2)14-24(13-10-18(21)20(25)26)12-4-3-7-17-9-8-16-6-5-11-22-19(16)23-17/h8-9,15,18H,3-7,10-14,21H2,1-2H3,(H,22,23)(H,25,26)/t15-,18?/m1/s1. The summed E-state index contributed by atoms with van der Waals surface area (Å²) in [5, 5.41) is 12.4. The molecule has 152 valence electrons. The van der Waals surface area contributed by atoms with Gasteiger partial charge in [0.2, 0.25) is 0 Å².